The number of hydrogen-bond donors (Lipinski definition) is 11. The fraction of sp³-hybridized carbons (Fsp3) is 0.705. The van der Waals surface area contributed by atoms with Crippen LogP contribution in [0.4, 0.5) is 0 Å². The molecule has 5 atom stereocenters. The lowest BCUT2D eigenvalue weighted by atomic mass is 9.90. The van der Waals surface area contributed by atoms with Crippen LogP contribution in [-0.2, 0) is 99.3 Å². The predicted molar refractivity (Wildman–Crippen MR) is 514 cm³/mol. The number of carbonyl (C=O) groups excluding carboxylic acids is 8. The maximum Gasteiger partial charge on any atom is 0.267 e. The third-order valence-electron chi connectivity index (χ3n) is 20.4. The number of amides is 5. The highest BCUT2D eigenvalue weighted by Gasteiger charge is 2.33. The van der Waals surface area contributed by atoms with E-state index in [0.717, 1.165) is 0 Å². The summed E-state index contributed by atoms with van der Waals surface area (Å²) in [7, 11) is -13.6. The highest BCUT2D eigenvalue weighted by molar-refractivity contribution is 8.14. The van der Waals surface area contributed by atoms with Crippen LogP contribution in [0.15, 0.2) is 91.0 Å². The quantitative estimate of drug-likeness (QED) is 0.0146. The highest BCUT2D eigenvalue weighted by Crippen LogP contribution is 2.27. The summed E-state index contributed by atoms with van der Waals surface area (Å²) in [4.78, 5) is 99.3. The fourth-order valence-electron chi connectivity index (χ4n) is 11.3. The van der Waals surface area contributed by atoms with Crippen molar-refractivity contribution in [3.05, 3.63) is 108 Å². The molecular weight excluding hydrogens is 1860 g/mol. The first-order valence-corrected chi connectivity index (χ1v) is 55.2. The van der Waals surface area contributed by atoms with Gasteiger partial charge in [0.2, 0.25) is 47.6 Å². The minimum atomic E-state index is -4.06. The van der Waals surface area contributed by atoms with Gasteiger partial charge in [-0.2, -0.15) is 33.7 Å². The Morgan fingerprint density at radius 1 is 0.321 bits per heavy atom. The molecule has 0 aromatic heterocycles. The summed E-state index contributed by atoms with van der Waals surface area (Å²) in [6.07, 6.45) is 1.93. The van der Waals surface area contributed by atoms with Crippen molar-refractivity contribution >= 4 is 127 Å². The SMILES string of the molecule is CC(C)C(N)C(=O)NCCC(C)(C)COS(=O)(=O)CCCS(=O)(=O)OCC(C)(C)CCNC(=O)C(N)C(C)C.CC(C)[C@H](NCC(=O)c1ccccc1)C(=O)NCCC(C)(C)CO.CC(C)[C@H](NCC(=O)c1ccccc1)C(=O)NCCC(C)(C)COS(=O)(=O)CCCS(=O)(=O)OCC(C)(C)CCNC(=O)[C@@H](NCC(=O)c1ccccc1)C(C)C.O=S(=O)(Cl)CCCS(=O)(=O)Cl. The Morgan fingerprint density at radius 2 is 0.519 bits per heavy atom. The van der Waals surface area contributed by atoms with Crippen molar-refractivity contribution in [1.82, 2.24) is 42.5 Å². The molecule has 3 aromatic carbocycles. The van der Waals surface area contributed by atoms with E-state index in [9.17, 15) is 94.0 Å². The van der Waals surface area contributed by atoms with Gasteiger partial charge in [0, 0.05) is 77.4 Å². The van der Waals surface area contributed by atoms with Crippen molar-refractivity contribution in [3.8, 4) is 0 Å². The number of aliphatic hydroxyl groups is 1. The molecule has 2 unspecified atom stereocenters. The van der Waals surface area contributed by atoms with Gasteiger partial charge in [-0.1, -0.05) is 229 Å². The van der Waals surface area contributed by atoms with Crippen LogP contribution in [0.2, 0.25) is 0 Å². The second kappa shape index (κ2) is 59.8. The third-order valence-corrected chi connectivity index (χ3v) is 28.0. The second-order valence-electron chi connectivity index (χ2n) is 38.0. The molecule has 3 rings (SSSR count). The number of rotatable bonds is 62. The van der Waals surface area contributed by atoms with Gasteiger partial charge in [-0.3, -0.25) is 71.0 Å². The number of Topliss-reactive ketones (excluding diaryl/α,β-unsaturated/α-hetero) is 3. The summed E-state index contributed by atoms with van der Waals surface area (Å²) in [6, 6.07) is 23.8. The first kappa shape index (κ1) is 125. The number of halogens is 2. The lowest BCUT2D eigenvalue weighted by molar-refractivity contribution is -0.125. The normalized spacial score (nSPS) is 13.8. The van der Waals surface area contributed by atoms with E-state index in [0.29, 0.717) is 68.4 Å². The molecule has 0 fully saturated rings. The molecule has 43 heteroatoms. The number of ketones is 3. The van der Waals surface area contributed by atoms with E-state index in [2.05, 4.69) is 42.5 Å². The summed E-state index contributed by atoms with van der Waals surface area (Å²) in [6.45, 7) is 38.4. The molecule has 0 saturated heterocycles. The van der Waals surface area contributed by atoms with Gasteiger partial charge in [0.25, 0.3) is 40.5 Å². The molecule has 0 aliphatic rings. The Hall–Kier alpha value is -6.10. The van der Waals surface area contributed by atoms with E-state index in [1.165, 1.54) is 0 Å². The Kier molecular flexibility index (Phi) is 57.0. The summed E-state index contributed by atoms with van der Waals surface area (Å²) in [5.41, 5.74) is 10.7. The van der Waals surface area contributed by atoms with E-state index in [-0.39, 0.29) is 178 Å². The van der Waals surface area contributed by atoms with Gasteiger partial charge < -0.3 is 43.2 Å². The maximum atomic E-state index is 12.9. The third kappa shape index (κ3) is 60.2. The average molecular weight is 2010 g/mol. The molecule has 754 valence electrons. The molecule has 0 saturated carbocycles. The molecule has 0 aliphatic heterocycles. The molecule has 0 aliphatic carbocycles. The smallest absolute Gasteiger partial charge is 0.267 e. The Morgan fingerprint density at radius 3 is 0.710 bits per heavy atom. The molecule has 3 aromatic rings. The maximum absolute atomic E-state index is 12.9. The topological polar surface area (TPSA) is 547 Å². The van der Waals surface area contributed by atoms with Crippen LogP contribution in [0.25, 0.3) is 0 Å². The summed E-state index contributed by atoms with van der Waals surface area (Å²) < 4.78 is 161. The number of aliphatic hydroxyl groups excluding tert-OH is 1. The van der Waals surface area contributed by atoms with Crippen LogP contribution in [-0.4, -0.2) is 253 Å². The molecule has 131 heavy (non-hydrogen) atoms. The van der Waals surface area contributed by atoms with E-state index in [1.807, 2.05) is 113 Å². The van der Waals surface area contributed by atoms with Gasteiger partial charge in [-0.25, -0.2) is 16.8 Å². The molecule has 35 nitrogen and oxygen atoms in total. The Labute approximate surface area is 790 Å². The van der Waals surface area contributed by atoms with Crippen LogP contribution in [0.5, 0.6) is 0 Å². The summed E-state index contributed by atoms with van der Waals surface area (Å²) in [5, 5.41) is 32.5. The monoisotopic (exact) mass is 2010 g/mol. The van der Waals surface area contributed by atoms with E-state index in [4.69, 9.17) is 49.6 Å². The van der Waals surface area contributed by atoms with Crippen molar-refractivity contribution in [2.45, 2.75) is 220 Å². The zero-order valence-electron chi connectivity index (χ0n) is 80.1. The highest BCUT2D eigenvalue weighted by atomic mass is 35.7. The number of carbonyl (C=O) groups is 8. The largest absolute Gasteiger partial charge is 0.396 e. The zero-order valence-corrected chi connectivity index (χ0v) is 86.5. The molecular formula is C88H152Cl2N10O25S6. The summed E-state index contributed by atoms with van der Waals surface area (Å²) in [5.74, 6) is -4.33. The standard InChI is InChI=1S/C41H64N4O10S2.C25H52N4O8S2.C19H30N2O3.C3H6Cl2O4S2/c1-30(2)36(44-26-34(46)32-16-11-9-12-17-32)38(48)42-22-20-40(5,6)28-54-56(50,51)24-15-25-57(52,53)55-29-41(7,8)21-23-43-39(49)37(31(3)4)45-27-35(47)33-18-13-10-14-19-33;1-18(2)20(26)22(30)28-12-10-24(5,6)16-36-38(32,33)14-9-15-39(34,35)37-17-25(7,8)11-13-29-23(31)21(27)19(3)4;1-14(2)17(18(24)20-11-10-19(3,4)13-22)21-12-16(23)15-8-6-5-7-9-15;4-10(6,7)2-1-3-11(5,8)9/h9-14,16-19,30-31,36-37,44-45H,15,20-29H2,1-8H3,(H,42,48)(H,43,49);18-21H,9-17,26-27H2,1-8H3,(H,28,30)(H,29,31);5-9,14,17,21-22H,10-13H2,1-4H3,(H,20,24);1-3H2/t36-,37-;;17-;/m0.0./s1. The lowest BCUT2D eigenvalue weighted by Gasteiger charge is -2.26. The zero-order chi connectivity index (χ0) is 101. The second-order valence-corrected chi connectivity index (χ2v) is 50.9. The molecule has 0 radical (unpaired) electrons. The number of nitrogens with one attached hydrogen (secondary N) is 8. The lowest BCUT2D eigenvalue weighted by Crippen LogP contribution is -2.49. The van der Waals surface area contributed by atoms with Crippen LogP contribution in [0, 0.1) is 56.7 Å². The minimum Gasteiger partial charge on any atom is -0.396 e. The van der Waals surface area contributed by atoms with Crippen LogP contribution >= 0.6 is 21.4 Å². The van der Waals surface area contributed by atoms with Gasteiger partial charge in [0.1, 0.15) is 0 Å². The van der Waals surface area contributed by atoms with Crippen LogP contribution in [0.1, 0.15) is 221 Å². The number of hydrogen-bond acceptors (Lipinski definition) is 30. The van der Waals surface area contributed by atoms with Gasteiger partial charge in [0.05, 0.1) is 111 Å². The molecule has 0 bridgehead atoms. The molecule has 0 heterocycles. The van der Waals surface area contributed by atoms with E-state index in [1.54, 1.807) is 116 Å². The minimum absolute atomic E-state index is 0.000719. The van der Waals surface area contributed by atoms with Gasteiger partial charge in [0.15, 0.2) is 17.3 Å². The molecule has 0 spiro atoms. The first-order valence-electron chi connectivity index (χ1n) is 43.9. The Bertz CT molecular complexity index is 4450. The van der Waals surface area contributed by atoms with E-state index >= 15 is 0 Å². The number of nitrogens with two attached hydrogens (primary N) is 2. The van der Waals surface area contributed by atoms with Crippen LogP contribution in [0.3, 0.4) is 0 Å². The van der Waals surface area contributed by atoms with Gasteiger partial charge in [-0.05, 0) is 108 Å². The predicted octanol–water partition coefficient (Wildman–Crippen LogP) is 7.75. The van der Waals surface area contributed by atoms with Crippen molar-refractivity contribution in [2.24, 2.45) is 68.1 Å². The molecule has 5 amide bonds. The van der Waals surface area contributed by atoms with Crippen LogP contribution < -0.4 is 54.0 Å². The number of benzene rings is 3. The van der Waals surface area contributed by atoms with Crippen molar-refractivity contribution in [1.29, 1.82) is 0 Å². The first-order chi connectivity index (χ1) is 60.1. The van der Waals surface area contributed by atoms with Crippen molar-refractivity contribution in [2.75, 3.05) is 120 Å². The molecule has 13 N–H and O–H groups in total. The fourth-order valence-corrected chi connectivity index (χ4v) is 17.9. The van der Waals surface area contributed by atoms with Crippen molar-refractivity contribution in [3.63, 3.8) is 0 Å². The van der Waals surface area contributed by atoms with Gasteiger partial charge in [-0.15, -0.1) is 0 Å². The summed E-state index contributed by atoms with van der Waals surface area (Å²) >= 11 is 0. The average Bonchev–Trinajstić information content (AvgIpc) is 0.896. The van der Waals surface area contributed by atoms with E-state index < -0.39 is 133 Å². The van der Waals surface area contributed by atoms with Gasteiger partial charge >= 0.3 is 0 Å². The Balaban J connectivity index is 0.00000196. The van der Waals surface area contributed by atoms with Crippen molar-refractivity contribution < 1.29 is 111 Å².